The molecule has 13 heavy (non-hydrogen) atoms. The van der Waals surface area contributed by atoms with Gasteiger partial charge in [0.25, 0.3) is 0 Å². The van der Waals surface area contributed by atoms with E-state index in [0.717, 1.165) is 0 Å². The fraction of sp³-hybridized carbons (Fsp3) is 0. The summed E-state index contributed by atoms with van der Waals surface area (Å²) in [5.41, 5.74) is 0.428. The number of aromatic carboxylic acids is 1. The van der Waals surface area contributed by atoms with Crippen molar-refractivity contribution >= 4 is 5.97 Å². The van der Waals surface area contributed by atoms with E-state index in [1.807, 2.05) is 0 Å². The Morgan fingerprint density at radius 3 is 2.77 bits per heavy atom. The van der Waals surface area contributed by atoms with Gasteiger partial charge in [0.05, 0.1) is 6.20 Å². The van der Waals surface area contributed by atoms with E-state index >= 15 is 0 Å². The highest BCUT2D eigenvalue weighted by Crippen LogP contribution is 2.09. The Bertz CT molecular complexity index is 418. The Labute approximate surface area is 72.0 Å². The molecule has 66 valence electrons. The Kier molecular flexibility index (Phi) is 1.55. The van der Waals surface area contributed by atoms with Crippen LogP contribution in [0.3, 0.4) is 0 Å². The molecular weight excluding hydrogens is 174 g/mol. The van der Waals surface area contributed by atoms with Crippen molar-refractivity contribution in [2.75, 3.05) is 0 Å². The second kappa shape index (κ2) is 2.70. The van der Waals surface area contributed by atoms with E-state index in [4.69, 9.17) is 5.11 Å². The lowest BCUT2D eigenvalue weighted by atomic mass is 10.4. The minimum Gasteiger partial charge on any atom is -0.476 e. The number of aromatic nitrogens is 5. The zero-order chi connectivity index (χ0) is 9.26. The molecule has 0 amide bonds. The van der Waals surface area contributed by atoms with Crippen molar-refractivity contribution < 1.29 is 9.90 Å². The Morgan fingerprint density at radius 2 is 2.15 bits per heavy atom. The molecule has 0 aromatic carbocycles. The summed E-state index contributed by atoms with van der Waals surface area (Å²) < 4.78 is 1.47. The first kappa shape index (κ1) is 7.47. The zero-order valence-electron chi connectivity index (χ0n) is 6.38. The number of nitrogens with zero attached hydrogens (tertiary/aromatic N) is 4. The highest BCUT2D eigenvalue weighted by atomic mass is 16.4. The van der Waals surface area contributed by atoms with Gasteiger partial charge in [-0.05, 0) is 0 Å². The average molecular weight is 179 g/mol. The third kappa shape index (κ3) is 1.15. The van der Waals surface area contributed by atoms with Gasteiger partial charge >= 0.3 is 5.97 Å². The average Bonchev–Trinajstić information content (AvgIpc) is 2.74. The molecule has 7 nitrogen and oxygen atoms in total. The number of carbonyl (C=O) groups is 1. The summed E-state index contributed by atoms with van der Waals surface area (Å²) in [6.45, 7) is 0. The van der Waals surface area contributed by atoms with Gasteiger partial charge in [0, 0.05) is 0 Å². The first-order valence-electron chi connectivity index (χ1n) is 3.40. The van der Waals surface area contributed by atoms with E-state index in [-0.39, 0.29) is 5.69 Å². The summed E-state index contributed by atoms with van der Waals surface area (Å²) in [5, 5.41) is 21.8. The second-order valence-corrected chi connectivity index (χ2v) is 2.30. The monoisotopic (exact) mass is 179 g/mol. The molecule has 2 N–H and O–H groups in total. The molecule has 0 aliphatic rings. The van der Waals surface area contributed by atoms with E-state index in [2.05, 4.69) is 20.4 Å². The lowest BCUT2D eigenvalue weighted by molar-refractivity contribution is 0.0690. The molecule has 0 saturated carbocycles. The number of H-pyrrole nitrogens is 1. The third-order valence-electron chi connectivity index (χ3n) is 1.53. The number of rotatable bonds is 2. The molecule has 0 atom stereocenters. The van der Waals surface area contributed by atoms with Crippen LogP contribution in [0.25, 0.3) is 5.69 Å². The van der Waals surface area contributed by atoms with Gasteiger partial charge in [-0.15, -0.1) is 10.2 Å². The molecule has 0 aliphatic heterocycles. The molecule has 2 aromatic rings. The van der Waals surface area contributed by atoms with Crippen molar-refractivity contribution in [3.05, 3.63) is 24.5 Å². The summed E-state index contributed by atoms with van der Waals surface area (Å²) in [6, 6.07) is 0. The first-order valence-corrected chi connectivity index (χ1v) is 3.40. The van der Waals surface area contributed by atoms with E-state index < -0.39 is 5.97 Å². The smallest absolute Gasteiger partial charge is 0.356 e. The molecule has 2 heterocycles. The Hall–Kier alpha value is -2.18. The van der Waals surface area contributed by atoms with E-state index in [0.29, 0.717) is 5.69 Å². The van der Waals surface area contributed by atoms with E-state index in [1.165, 1.54) is 23.4 Å². The Morgan fingerprint density at radius 1 is 1.46 bits per heavy atom. The number of carboxylic acids is 1. The van der Waals surface area contributed by atoms with Crippen molar-refractivity contribution in [2.45, 2.75) is 0 Å². The van der Waals surface area contributed by atoms with Crippen LogP contribution in [0.5, 0.6) is 0 Å². The number of aromatic amines is 1. The van der Waals surface area contributed by atoms with Crippen LogP contribution >= 0.6 is 0 Å². The summed E-state index contributed by atoms with van der Waals surface area (Å²) in [4.78, 5) is 10.7. The van der Waals surface area contributed by atoms with Gasteiger partial charge in [-0.1, -0.05) is 0 Å². The van der Waals surface area contributed by atoms with Crippen molar-refractivity contribution in [1.29, 1.82) is 0 Å². The molecule has 0 radical (unpaired) electrons. The van der Waals surface area contributed by atoms with Crippen molar-refractivity contribution in [3.8, 4) is 5.69 Å². The molecule has 2 aromatic heterocycles. The maximum absolute atomic E-state index is 10.7. The first-order chi connectivity index (χ1) is 6.29. The normalized spacial score (nSPS) is 10.2. The van der Waals surface area contributed by atoms with Crippen molar-refractivity contribution in [1.82, 2.24) is 25.0 Å². The molecule has 0 bridgehead atoms. The number of hydrogen-bond acceptors (Lipinski definition) is 4. The van der Waals surface area contributed by atoms with Gasteiger partial charge in [-0.25, -0.2) is 4.79 Å². The fourth-order valence-corrected chi connectivity index (χ4v) is 0.958. The summed E-state index contributed by atoms with van der Waals surface area (Å²) in [5.74, 6) is -1.07. The van der Waals surface area contributed by atoms with Crippen LogP contribution in [0.15, 0.2) is 18.9 Å². The molecule has 0 fully saturated rings. The predicted molar refractivity (Wildman–Crippen MR) is 40.5 cm³/mol. The van der Waals surface area contributed by atoms with Crippen LogP contribution < -0.4 is 0 Å². The van der Waals surface area contributed by atoms with Gasteiger partial charge in [0.2, 0.25) is 0 Å². The lowest BCUT2D eigenvalue weighted by Gasteiger charge is -1.96. The van der Waals surface area contributed by atoms with Crippen LogP contribution in [0.4, 0.5) is 0 Å². The zero-order valence-corrected chi connectivity index (χ0v) is 6.38. The molecule has 2 rings (SSSR count). The third-order valence-corrected chi connectivity index (χ3v) is 1.53. The van der Waals surface area contributed by atoms with Crippen molar-refractivity contribution in [2.24, 2.45) is 0 Å². The fourth-order valence-electron chi connectivity index (χ4n) is 0.958. The maximum Gasteiger partial charge on any atom is 0.356 e. The molecule has 0 saturated heterocycles. The highest BCUT2D eigenvalue weighted by Gasteiger charge is 2.13. The van der Waals surface area contributed by atoms with Gasteiger partial charge in [0.1, 0.15) is 18.3 Å². The number of carboxylic acid groups (broad SMARTS) is 1. The predicted octanol–water partition coefficient (Wildman–Crippen LogP) is -0.311. The van der Waals surface area contributed by atoms with Crippen LogP contribution in [0.1, 0.15) is 10.5 Å². The highest BCUT2D eigenvalue weighted by molar-refractivity contribution is 5.89. The molecule has 0 spiro atoms. The SMILES string of the molecule is O=C(O)c1[nH]ncc1-n1cnnc1. The van der Waals surface area contributed by atoms with Gasteiger partial charge in [-0.3, -0.25) is 9.67 Å². The van der Waals surface area contributed by atoms with Crippen LogP contribution in [0.2, 0.25) is 0 Å². The van der Waals surface area contributed by atoms with E-state index in [1.54, 1.807) is 0 Å². The molecular formula is C6H5N5O2. The quantitative estimate of drug-likeness (QED) is 0.659. The van der Waals surface area contributed by atoms with Crippen LogP contribution in [-0.4, -0.2) is 36.0 Å². The van der Waals surface area contributed by atoms with Gasteiger partial charge in [-0.2, -0.15) is 5.10 Å². The molecule has 0 unspecified atom stereocenters. The van der Waals surface area contributed by atoms with Crippen LogP contribution in [-0.2, 0) is 0 Å². The summed E-state index contributed by atoms with van der Waals surface area (Å²) in [6.07, 6.45) is 4.20. The number of nitrogens with one attached hydrogen (secondary N) is 1. The van der Waals surface area contributed by atoms with Crippen LogP contribution in [0, 0.1) is 0 Å². The number of hydrogen-bond donors (Lipinski definition) is 2. The topological polar surface area (TPSA) is 96.7 Å². The minimum absolute atomic E-state index is 0.0137. The van der Waals surface area contributed by atoms with Gasteiger partial charge < -0.3 is 5.11 Å². The maximum atomic E-state index is 10.7. The minimum atomic E-state index is -1.07. The van der Waals surface area contributed by atoms with Gasteiger partial charge in [0.15, 0.2) is 5.69 Å². The van der Waals surface area contributed by atoms with Crippen molar-refractivity contribution in [3.63, 3.8) is 0 Å². The molecule has 0 aliphatic carbocycles. The van der Waals surface area contributed by atoms with E-state index in [9.17, 15) is 4.79 Å². The standard InChI is InChI=1S/C6H5N5O2/c12-6(13)5-4(1-7-10-5)11-2-8-9-3-11/h1-3H,(H,7,10)(H,12,13). The Balaban J connectivity index is 2.52. The second-order valence-electron chi connectivity index (χ2n) is 2.30. The summed E-state index contributed by atoms with van der Waals surface area (Å²) in [7, 11) is 0. The summed E-state index contributed by atoms with van der Waals surface area (Å²) >= 11 is 0. The largest absolute Gasteiger partial charge is 0.476 e. The molecule has 7 heteroatoms. The lowest BCUT2D eigenvalue weighted by Crippen LogP contribution is -2.02.